The van der Waals surface area contributed by atoms with Crippen LogP contribution in [0.25, 0.3) is 0 Å². The Hall–Kier alpha value is -2.97. The Kier molecular flexibility index (Phi) is 6.41. The summed E-state index contributed by atoms with van der Waals surface area (Å²) in [5.41, 5.74) is 5.11. The minimum absolute atomic E-state index is 0.172. The molecule has 33 heavy (non-hydrogen) atoms. The van der Waals surface area contributed by atoms with E-state index in [2.05, 4.69) is 10.6 Å². The molecule has 1 aliphatic rings. The largest absolute Gasteiger partial charge is 0.332 e. The zero-order chi connectivity index (χ0) is 23.8. The highest BCUT2D eigenvalue weighted by molar-refractivity contribution is 7.92. The predicted octanol–water partition coefficient (Wildman–Crippen LogP) is 5.78. The molecular formula is C25H26FN3O2S2. The Morgan fingerprint density at radius 3 is 2.52 bits per heavy atom. The summed E-state index contributed by atoms with van der Waals surface area (Å²) in [7, 11) is -3.81. The summed E-state index contributed by atoms with van der Waals surface area (Å²) in [6, 6.07) is 16.5. The molecular weight excluding hydrogens is 457 g/mol. The molecule has 172 valence electrons. The first-order chi connectivity index (χ1) is 15.7. The number of thiocarbonyl (C=S) groups is 1. The van der Waals surface area contributed by atoms with Crippen molar-refractivity contribution in [3.63, 3.8) is 0 Å². The van der Waals surface area contributed by atoms with E-state index in [1.54, 1.807) is 30.3 Å². The number of hydrogen-bond acceptors (Lipinski definition) is 3. The van der Waals surface area contributed by atoms with Crippen molar-refractivity contribution in [2.24, 2.45) is 0 Å². The lowest BCUT2D eigenvalue weighted by atomic mass is 9.99. The van der Waals surface area contributed by atoms with Gasteiger partial charge in [-0.1, -0.05) is 12.1 Å². The minimum Gasteiger partial charge on any atom is -0.332 e. The van der Waals surface area contributed by atoms with E-state index < -0.39 is 10.0 Å². The van der Waals surface area contributed by atoms with Gasteiger partial charge in [-0.3, -0.25) is 4.31 Å². The average molecular weight is 484 g/mol. The summed E-state index contributed by atoms with van der Waals surface area (Å²) in [5.74, 6) is -0.360. The summed E-state index contributed by atoms with van der Waals surface area (Å²) in [6.45, 7) is 5.93. The summed E-state index contributed by atoms with van der Waals surface area (Å²) in [5, 5.41) is 6.69. The normalized spacial score (nSPS) is 15.6. The molecule has 3 aromatic carbocycles. The van der Waals surface area contributed by atoms with Crippen LogP contribution in [0.3, 0.4) is 0 Å². The van der Waals surface area contributed by atoms with E-state index in [0.717, 1.165) is 16.8 Å². The lowest BCUT2D eigenvalue weighted by Crippen LogP contribution is -2.42. The highest BCUT2D eigenvalue weighted by atomic mass is 32.2. The molecule has 1 atom stereocenters. The van der Waals surface area contributed by atoms with E-state index in [9.17, 15) is 12.8 Å². The third kappa shape index (κ3) is 4.72. The molecule has 5 nitrogen and oxygen atoms in total. The van der Waals surface area contributed by atoms with Crippen LogP contribution in [-0.4, -0.2) is 19.6 Å². The second kappa shape index (κ2) is 9.11. The second-order valence-corrected chi connectivity index (χ2v) is 10.5. The van der Waals surface area contributed by atoms with Gasteiger partial charge in [0.1, 0.15) is 5.82 Å². The Morgan fingerprint density at radius 2 is 1.79 bits per heavy atom. The maximum absolute atomic E-state index is 13.7. The number of fused-ring (bicyclic) bond motifs is 1. The van der Waals surface area contributed by atoms with Gasteiger partial charge in [-0.2, -0.15) is 0 Å². The molecule has 2 N–H and O–H groups in total. The maximum Gasteiger partial charge on any atom is 0.264 e. The number of nitrogens with zero attached hydrogens (tertiary/aromatic N) is 1. The molecule has 0 fully saturated rings. The number of halogens is 1. The molecule has 0 radical (unpaired) electrons. The van der Waals surface area contributed by atoms with Gasteiger partial charge in [-0.05, 0) is 111 Å². The van der Waals surface area contributed by atoms with Gasteiger partial charge in [0.05, 0.1) is 10.6 Å². The summed E-state index contributed by atoms with van der Waals surface area (Å²) in [4.78, 5) is 0.172. The smallest absolute Gasteiger partial charge is 0.264 e. The SMILES string of the molecule is Cc1cccc(NC(=S)Nc2ccc(S(=O)(=O)N3c4ccc(F)cc4CCC3C)cc2)c1C. The highest BCUT2D eigenvalue weighted by Gasteiger charge is 2.34. The van der Waals surface area contributed by atoms with Gasteiger partial charge >= 0.3 is 0 Å². The van der Waals surface area contributed by atoms with Crippen LogP contribution in [0.2, 0.25) is 0 Å². The number of rotatable bonds is 4. The molecule has 0 aliphatic carbocycles. The fourth-order valence-electron chi connectivity index (χ4n) is 4.05. The van der Waals surface area contributed by atoms with Crippen molar-refractivity contribution in [1.29, 1.82) is 0 Å². The van der Waals surface area contributed by atoms with Gasteiger partial charge in [0.15, 0.2) is 5.11 Å². The number of hydrogen-bond donors (Lipinski definition) is 2. The van der Waals surface area contributed by atoms with Crippen LogP contribution in [0.4, 0.5) is 21.5 Å². The Bertz CT molecular complexity index is 1310. The van der Waals surface area contributed by atoms with Crippen molar-refractivity contribution in [3.8, 4) is 0 Å². The zero-order valence-corrected chi connectivity index (χ0v) is 20.4. The highest BCUT2D eigenvalue weighted by Crippen LogP contribution is 2.36. The second-order valence-electron chi connectivity index (χ2n) is 8.31. The zero-order valence-electron chi connectivity index (χ0n) is 18.7. The van der Waals surface area contributed by atoms with E-state index in [4.69, 9.17) is 12.2 Å². The van der Waals surface area contributed by atoms with Gasteiger partial charge < -0.3 is 10.6 Å². The molecule has 1 aliphatic heterocycles. The van der Waals surface area contributed by atoms with Crippen molar-refractivity contribution in [3.05, 3.63) is 83.2 Å². The van der Waals surface area contributed by atoms with Gasteiger partial charge in [-0.25, -0.2) is 12.8 Å². The topological polar surface area (TPSA) is 61.4 Å². The monoisotopic (exact) mass is 483 g/mol. The molecule has 3 aromatic rings. The van der Waals surface area contributed by atoms with E-state index in [1.807, 2.05) is 39.0 Å². The van der Waals surface area contributed by atoms with E-state index in [-0.39, 0.29) is 16.8 Å². The standard InChI is InChI=1S/C25H26FN3O2S2/c1-16-5-4-6-23(18(16)3)28-25(32)27-21-10-12-22(13-11-21)33(30,31)29-17(2)7-8-19-15-20(26)9-14-24(19)29/h4-6,9-15,17H,7-8H2,1-3H3,(H2,27,28,32). The quantitative estimate of drug-likeness (QED) is 0.461. The van der Waals surface area contributed by atoms with Crippen LogP contribution in [0, 0.1) is 19.7 Å². The number of sulfonamides is 1. The van der Waals surface area contributed by atoms with Gasteiger partial charge in [0.25, 0.3) is 10.0 Å². The number of aryl methyl sites for hydroxylation is 2. The van der Waals surface area contributed by atoms with Crippen LogP contribution in [-0.2, 0) is 16.4 Å². The first-order valence-corrected chi connectivity index (χ1v) is 12.6. The first kappa shape index (κ1) is 23.2. The van der Waals surface area contributed by atoms with Crippen molar-refractivity contribution in [1.82, 2.24) is 0 Å². The van der Waals surface area contributed by atoms with Crippen molar-refractivity contribution >= 4 is 44.4 Å². The molecule has 0 bridgehead atoms. The fourth-order valence-corrected chi connectivity index (χ4v) is 6.00. The van der Waals surface area contributed by atoms with Crippen molar-refractivity contribution in [2.45, 2.75) is 44.6 Å². The third-order valence-electron chi connectivity index (χ3n) is 6.03. The third-order valence-corrected chi connectivity index (χ3v) is 8.18. The van der Waals surface area contributed by atoms with Crippen LogP contribution < -0.4 is 14.9 Å². The summed E-state index contributed by atoms with van der Waals surface area (Å²) in [6.07, 6.45) is 1.28. The predicted molar refractivity (Wildman–Crippen MR) is 136 cm³/mol. The van der Waals surface area contributed by atoms with Crippen LogP contribution in [0.15, 0.2) is 65.6 Å². The molecule has 0 amide bonds. The lowest BCUT2D eigenvalue weighted by Gasteiger charge is -2.36. The lowest BCUT2D eigenvalue weighted by molar-refractivity contribution is 0.560. The van der Waals surface area contributed by atoms with E-state index in [0.29, 0.717) is 34.9 Å². The maximum atomic E-state index is 13.7. The van der Waals surface area contributed by atoms with E-state index in [1.165, 1.54) is 16.4 Å². The van der Waals surface area contributed by atoms with Crippen LogP contribution in [0.5, 0.6) is 0 Å². The number of benzene rings is 3. The summed E-state index contributed by atoms with van der Waals surface area (Å²) >= 11 is 5.42. The fraction of sp³-hybridized carbons (Fsp3) is 0.240. The Labute approximate surface area is 199 Å². The molecule has 8 heteroatoms. The van der Waals surface area contributed by atoms with Gasteiger partial charge in [-0.15, -0.1) is 0 Å². The van der Waals surface area contributed by atoms with Crippen LogP contribution >= 0.6 is 12.2 Å². The van der Waals surface area contributed by atoms with E-state index >= 15 is 0 Å². The molecule has 0 aromatic heterocycles. The molecule has 1 unspecified atom stereocenters. The van der Waals surface area contributed by atoms with Crippen molar-refractivity contribution < 1.29 is 12.8 Å². The summed E-state index contributed by atoms with van der Waals surface area (Å²) < 4.78 is 42.0. The molecule has 0 saturated heterocycles. The van der Waals surface area contributed by atoms with Gasteiger partial charge in [0, 0.05) is 17.4 Å². The van der Waals surface area contributed by atoms with Crippen LogP contribution in [0.1, 0.15) is 30.0 Å². The Balaban J connectivity index is 1.53. The molecule has 0 spiro atoms. The average Bonchev–Trinajstić information content (AvgIpc) is 2.77. The molecule has 1 heterocycles. The Morgan fingerprint density at radius 1 is 1.06 bits per heavy atom. The number of nitrogens with one attached hydrogen (secondary N) is 2. The first-order valence-electron chi connectivity index (χ1n) is 10.7. The molecule has 0 saturated carbocycles. The molecule has 4 rings (SSSR count). The van der Waals surface area contributed by atoms with Crippen molar-refractivity contribution in [2.75, 3.05) is 14.9 Å². The number of anilines is 3. The minimum atomic E-state index is -3.81. The van der Waals surface area contributed by atoms with Gasteiger partial charge in [0.2, 0.25) is 0 Å².